The largest absolute Gasteiger partial charge is 0.496 e. The fourth-order valence-corrected chi connectivity index (χ4v) is 1.93. The molecule has 0 aliphatic heterocycles. The number of aryl methyl sites for hydroxylation is 2. The van der Waals surface area contributed by atoms with E-state index >= 15 is 0 Å². The van der Waals surface area contributed by atoms with E-state index in [1.54, 1.807) is 7.11 Å². The van der Waals surface area contributed by atoms with E-state index in [-0.39, 0.29) is 12.5 Å². The van der Waals surface area contributed by atoms with E-state index < -0.39 is 12.0 Å². The minimum Gasteiger partial charge on any atom is -0.496 e. The molecule has 0 spiro atoms. The van der Waals surface area contributed by atoms with Crippen molar-refractivity contribution in [2.75, 3.05) is 7.11 Å². The smallest absolute Gasteiger partial charge is 0.320 e. The van der Waals surface area contributed by atoms with Gasteiger partial charge >= 0.3 is 5.97 Å². The Labute approximate surface area is 107 Å². The Morgan fingerprint density at radius 1 is 1.33 bits per heavy atom. The van der Waals surface area contributed by atoms with Gasteiger partial charge in [0.05, 0.1) is 7.11 Å². The minimum absolute atomic E-state index is 0.210. The summed E-state index contributed by atoms with van der Waals surface area (Å²) < 4.78 is 5.22. The molecule has 0 bridgehead atoms. The lowest BCUT2D eigenvalue weighted by Crippen LogP contribution is -2.34. The summed E-state index contributed by atoms with van der Waals surface area (Å²) in [7, 11) is 1.61. The molecule has 0 saturated carbocycles. The number of benzene rings is 1. The van der Waals surface area contributed by atoms with E-state index in [1.165, 1.54) is 0 Å². The monoisotopic (exact) mass is 252 g/mol. The van der Waals surface area contributed by atoms with Gasteiger partial charge in [0.25, 0.3) is 0 Å². The van der Waals surface area contributed by atoms with Gasteiger partial charge in [0, 0.05) is 6.04 Å². The molecule has 5 nitrogen and oxygen atoms in total. The lowest BCUT2D eigenvalue weighted by molar-refractivity contribution is -0.138. The van der Waals surface area contributed by atoms with Gasteiger partial charge in [-0.3, -0.25) is 4.79 Å². The number of carboxylic acids is 1. The van der Waals surface area contributed by atoms with Crippen molar-refractivity contribution in [3.63, 3.8) is 0 Å². The highest BCUT2D eigenvalue weighted by Gasteiger charge is 2.19. The molecule has 0 fully saturated rings. The van der Waals surface area contributed by atoms with Crippen molar-refractivity contribution in [2.45, 2.75) is 32.4 Å². The molecule has 18 heavy (non-hydrogen) atoms. The molecule has 1 rings (SSSR count). The second-order valence-electron chi connectivity index (χ2n) is 4.47. The van der Waals surface area contributed by atoms with Gasteiger partial charge in [0.1, 0.15) is 11.8 Å². The highest BCUT2D eigenvalue weighted by atomic mass is 16.5. The first-order valence-electron chi connectivity index (χ1n) is 5.76. The molecule has 0 aromatic heterocycles. The van der Waals surface area contributed by atoms with Crippen LogP contribution in [0.1, 0.15) is 29.2 Å². The van der Waals surface area contributed by atoms with E-state index in [9.17, 15) is 4.79 Å². The molecule has 5 heteroatoms. The first-order chi connectivity index (χ1) is 8.36. The Morgan fingerprint density at radius 3 is 2.44 bits per heavy atom. The first-order valence-corrected chi connectivity index (χ1v) is 5.76. The molecule has 2 unspecified atom stereocenters. The first kappa shape index (κ1) is 14.5. The molecule has 0 saturated heterocycles. The predicted octanol–water partition coefficient (Wildman–Crippen LogP) is 1.11. The molecule has 100 valence electrons. The van der Waals surface area contributed by atoms with Gasteiger partial charge in [-0.2, -0.15) is 0 Å². The zero-order chi connectivity index (χ0) is 13.9. The maximum absolute atomic E-state index is 10.7. The third-order valence-corrected chi connectivity index (χ3v) is 3.01. The Morgan fingerprint density at radius 2 is 1.94 bits per heavy atom. The van der Waals surface area contributed by atoms with Crippen LogP contribution in [0.2, 0.25) is 0 Å². The zero-order valence-corrected chi connectivity index (χ0v) is 10.9. The van der Waals surface area contributed by atoms with Crippen LogP contribution in [0, 0.1) is 13.8 Å². The second-order valence-corrected chi connectivity index (χ2v) is 4.47. The van der Waals surface area contributed by atoms with Crippen LogP contribution in [-0.4, -0.2) is 24.2 Å². The Balaban J connectivity index is 2.96. The summed E-state index contributed by atoms with van der Waals surface area (Å²) in [6, 6.07) is 2.49. The van der Waals surface area contributed by atoms with Crippen LogP contribution in [0.3, 0.4) is 0 Å². The van der Waals surface area contributed by atoms with Crippen molar-refractivity contribution in [1.82, 2.24) is 0 Å². The van der Waals surface area contributed by atoms with E-state index in [2.05, 4.69) is 0 Å². The van der Waals surface area contributed by atoms with Crippen molar-refractivity contribution < 1.29 is 14.6 Å². The van der Waals surface area contributed by atoms with Crippen LogP contribution in [-0.2, 0) is 4.79 Å². The van der Waals surface area contributed by atoms with Crippen LogP contribution in [0.15, 0.2) is 12.1 Å². The number of aliphatic carboxylic acids is 1. The highest BCUT2D eigenvalue weighted by molar-refractivity contribution is 5.73. The molecule has 0 radical (unpaired) electrons. The third-order valence-electron chi connectivity index (χ3n) is 3.01. The number of hydrogen-bond donors (Lipinski definition) is 3. The van der Waals surface area contributed by atoms with Crippen molar-refractivity contribution in [1.29, 1.82) is 0 Å². The maximum Gasteiger partial charge on any atom is 0.320 e. The summed E-state index contributed by atoms with van der Waals surface area (Å²) >= 11 is 0. The summed E-state index contributed by atoms with van der Waals surface area (Å²) in [5, 5.41) is 8.78. The normalized spacial score (nSPS) is 14.1. The average molecular weight is 252 g/mol. The lowest BCUT2D eigenvalue weighted by Gasteiger charge is -2.19. The fourth-order valence-electron chi connectivity index (χ4n) is 1.93. The van der Waals surface area contributed by atoms with Crippen molar-refractivity contribution in [2.24, 2.45) is 11.5 Å². The van der Waals surface area contributed by atoms with E-state index in [1.807, 2.05) is 26.0 Å². The third kappa shape index (κ3) is 3.21. The van der Waals surface area contributed by atoms with Crippen LogP contribution >= 0.6 is 0 Å². The van der Waals surface area contributed by atoms with Gasteiger partial charge < -0.3 is 21.3 Å². The van der Waals surface area contributed by atoms with E-state index in [0.717, 1.165) is 22.4 Å². The van der Waals surface area contributed by atoms with E-state index in [0.29, 0.717) is 0 Å². The van der Waals surface area contributed by atoms with Gasteiger partial charge in [0.2, 0.25) is 0 Å². The Hall–Kier alpha value is -1.59. The molecule has 1 aromatic rings. The standard InChI is InChI=1S/C13H20N2O3/c1-7-5-12(18-3)8(2)4-9(7)10(14)6-11(15)13(16)17/h4-5,10-11H,6,14-15H2,1-3H3,(H,16,17). The molecule has 0 aliphatic rings. The molecule has 0 heterocycles. The number of hydrogen-bond acceptors (Lipinski definition) is 4. The highest BCUT2D eigenvalue weighted by Crippen LogP contribution is 2.27. The molecule has 2 atom stereocenters. The van der Waals surface area contributed by atoms with Crippen molar-refractivity contribution >= 4 is 5.97 Å². The predicted molar refractivity (Wildman–Crippen MR) is 69.6 cm³/mol. The average Bonchev–Trinajstić information content (AvgIpc) is 2.31. The maximum atomic E-state index is 10.7. The van der Waals surface area contributed by atoms with Gasteiger partial charge in [-0.15, -0.1) is 0 Å². The molecular weight excluding hydrogens is 232 g/mol. The molecule has 5 N–H and O–H groups in total. The second kappa shape index (κ2) is 5.84. The number of ether oxygens (including phenoxy) is 1. The van der Waals surface area contributed by atoms with Crippen molar-refractivity contribution in [3.05, 3.63) is 28.8 Å². The van der Waals surface area contributed by atoms with Gasteiger partial charge in [0.15, 0.2) is 0 Å². The molecule has 1 aromatic carbocycles. The fraction of sp³-hybridized carbons (Fsp3) is 0.462. The minimum atomic E-state index is -1.03. The summed E-state index contributed by atoms with van der Waals surface area (Å²) in [6.45, 7) is 3.84. The summed E-state index contributed by atoms with van der Waals surface area (Å²) in [5.74, 6) is -0.237. The summed E-state index contributed by atoms with van der Waals surface area (Å²) in [4.78, 5) is 10.7. The molecular formula is C13H20N2O3. The van der Waals surface area contributed by atoms with Crippen LogP contribution in [0.25, 0.3) is 0 Å². The number of nitrogens with two attached hydrogens (primary N) is 2. The molecule has 0 aliphatic carbocycles. The number of carboxylic acid groups (broad SMARTS) is 1. The number of methoxy groups -OCH3 is 1. The van der Waals surface area contributed by atoms with Crippen LogP contribution in [0.4, 0.5) is 0 Å². The number of rotatable bonds is 5. The Bertz CT molecular complexity index is 446. The Kier molecular flexibility index (Phi) is 4.69. The quantitative estimate of drug-likeness (QED) is 0.729. The topological polar surface area (TPSA) is 98.6 Å². The van der Waals surface area contributed by atoms with Crippen LogP contribution < -0.4 is 16.2 Å². The lowest BCUT2D eigenvalue weighted by atomic mass is 9.94. The SMILES string of the molecule is COc1cc(C)c(C(N)CC(N)C(=O)O)cc1C. The van der Waals surface area contributed by atoms with E-state index in [4.69, 9.17) is 21.3 Å². The van der Waals surface area contributed by atoms with Gasteiger partial charge in [-0.05, 0) is 43.0 Å². The summed E-state index contributed by atoms with van der Waals surface area (Å²) in [6.07, 6.45) is 0.210. The zero-order valence-electron chi connectivity index (χ0n) is 10.9. The summed E-state index contributed by atoms with van der Waals surface area (Å²) in [5.41, 5.74) is 14.4. The van der Waals surface area contributed by atoms with Gasteiger partial charge in [-0.25, -0.2) is 0 Å². The van der Waals surface area contributed by atoms with Crippen LogP contribution in [0.5, 0.6) is 5.75 Å². The van der Waals surface area contributed by atoms with Crippen molar-refractivity contribution in [3.8, 4) is 5.75 Å². The number of carbonyl (C=O) groups is 1. The molecule has 0 amide bonds. The van der Waals surface area contributed by atoms with Gasteiger partial charge in [-0.1, -0.05) is 6.07 Å².